The highest BCUT2D eigenvalue weighted by molar-refractivity contribution is 7.92. The molecule has 0 aliphatic rings. The molecule has 0 saturated carbocycles. The van der Waals surface area contributed by atoms with Gasteiger partial charge in [0.2, 0.25) is 21.8 Å². The van der Waals surface area contributed by atoms with Crippen molar-refractivity contribution < 1.29 is 22.7 Å². The molecular weight excluding hydrogens is 478 g/mol. The number of carbonyl (C=O) groups excluding carboxylic acids is 2. The molecule has 2 aromatic carbocycles. The van der Waals surface area contributed by atoms with Crippen molar-refractivity contribution in [2.24, 2.45) is 0 Å². The summed E-state index contributed by atoms with van der Waals surface area (Å²) in [5.41, 5.74) is 1.78. The van der Waals surface area contributed by atoms with Gasteiger partial charge in [0, 0.05) is 18.1 Å². The van der Waals surface area contributed by atoms with E-state index in [1.807, 2.05) is 13.8 Å². The maximum atomic E-state index is 13.5. The van der Waals surface area contributed by atoms with Gasteiger partial charge in [0.05, 0.1) is 19.1 Å². The summed E-state index contributed by atoms with van der Waals surface area (Å²) in [6.07, 6.45) is 1.77. The van der Waals surface area contributed by atoms with Gasteiger partial charge in [-0.3, -0.25) is 13.9 Å². The highest BCUT2D eigenvalue weighted by Crippen LogP contribution is 2.31. The van der Waals surface area contributed by atoms with Crippen LogP contribution in [0.1, 0.15) is 31.4 Å². The maximum Gasteiger partial charge on any atom is 0.244 e. The number of hydrogen-bond acceptors (Lipinski definition) is 5. The van der Waals surface area contributed by atoms with Gasteiger partial charge < -0.3 is 15.0 Å². The fourth-order valence-electron chi connectivity index (χ4n) is 3.40. The van der Waals surface area contributed by atoms with Crippen molar-refractivity contribution in [2.75, 3.05) is 30.8 Å². The number of ether oxygens (including phenoxy) is 1. The molecular formula is C24H32ClN3O5S. The molecule has 0 aromatic heterocycles. The molecule has 1 atom stereocenters. The number of aryl methyl sites for hydroxylation is 1. The van der Waals surface area contributed by atoms with E-state index in [4.69, 9.17) is 16.3 Å². The van der Waals surface area contributed by atoms with Crippen LogP contribution in [0.5, 0.6) is 5.75 Å². The Morgan fingerprint density at radius 1 is 1.18 bits per heavy atom. The van der Waals surface area contributed by atoms with Gasteiger partial charge >= 0.3 is 0 Å². The molecule has 0 aliphatic heterocycles. The number of nitrogens with zero attached hydrogens (tertiary/aromatic N) is 2. The first-order valence-corrected chi connectivity index (χ1v) is 13.1. The second kappa shape index (κ2) is 12.1. The van der Waals surface area contributed by atoms with E-state index in [2.05, 4.69) is 5.32 Å². The summed E-state index contributed by atoms with van der Waals surface area (Å²) in [4.78, 5) is 27.6. The van der Waals surface area contributed by atoms with Gasteiger partial charge in [-0.1, -0.05) is 36.7 Å². The normalized spacial score (nSPS) is 12.1. The molecule has 0 unspecified atom stereocenters. The smallest absolute Gasteiger partial charge is 0.244 e. The first kappa shape index (κ1) is 27.5. The number of halogens is 1. The average molecular weight is 510 g/mol. The lowest BCUT2D eigenvalue weighted by Crippen LogP contribution is -2.51. The topological polar surface area (TPSA) is 96.0 Å². The van der Waals surface area contributed by atoms with E-state index in [0.29, 0.717) is 17.3 Å². The van der Waals surface area contributed by atoms with Gasteiger partial charge in [-0.15, -0.1) is 0 Å². The quantitative estimate of drug-likeness (QED) is 0.501. The minimum Gasteiger partial charge on any atom is -0.495 e. The number of hydrogen-bond donors (Lipinski definition) is 1. The Balaban J connectivity index is 2.45. The van der Waals surface area contributed by atoms with Crippen LogP contribution >= 0.6 is 11.6 Å². The molecule has 186 valence electrons. The molecule has 2 aromatic rings. The predicted octanol–water partition coefficient (Wildman–Crippen LogP) is 3.37. The van der Waals surface area contributed by atoms with Crippen molar-refractivity contribution in [3.8, 4) is 5.75 Å². The Hall–Kier alpha value is -2.78. The summed E-state index contributed by atoms with van der Waals surface area (Å²) in [7, 11) is -2.42. The van der Waals surface area contributed by atoms with Gasteiger partial charge in [0.15, 0.2) is 0 Å². The standard InChI is InChI=1S/C24H32ClN3O5S/c1-6-12-26-24(30)18(3)27(15-19-8-7-9-20(25)14-19)23(29)16-28(34(5,31)32)21-13-17(2)10-11-22(21)33-4/h7-11,13-14,18H,6,12,15-16H2,1-5H3,(H,26,30)/t18-/m0/s1. The molecule has 0 bridgehead atoms. The zero-order valence-corrected chi connectivity index (χ0v) is 21.7. The van der Waals surface area contributed by atoms with Gasteiger partial charge in [0.25, 0.3) is 0 Å². The van der Waals surface area contributed by atoms with E-state index in [1.165, 1.54) is 12.0 Å². The Bertz CT molecular complexity index is 1120. The van der Waals surface area contributed by atoms with Crippen LogP contribution < -0.4 is 14.4 Å². The van der Waals surface area contributed by atoms with Crippen molar-refractivity contribution in [3.05, 3.63) is 58.6 Å². The van der Waals surface area contributed by atoms with Crippen LogP contribution in [0.25, 0.3) is 0 Å². The van der Waals surface area contributed by atoms with E-state index in [-0.39, 0.29) is 18.1 Å². The minimum absolute atomic E-state index is 0.0860. The number of anilines is 1. The lowest BCUT2D eigenvalue weighted by atomic mass is 10.1. The molecule has 1 N–H and O–H groups in total. The Kier molecular flexibility index (Phi) is 9.76. The summed E-state index contributed by atoms with van der Waals surface area (Å²) in [6, 6.07) is 11.2. The van der Waals surface area contributed by atoms with Crippen molar-refractivity contribution in [1.82, 2.24) is 10.2 Å². The number of nitrogens with one attached hydrogen (secondary N) is 1. The number of amides is 2. The molecule has 0 fully saturated rings. The zero-order chi connectivity index (χ0) is 25.5. The molecule has 0 heterocycles. The molecule has 2 rings (SSSR count). The van der Waals surface area contributed by atoms with E-state index in [0.717, 1.165) is 28.1 Å². The lowest BCUT2D eigenvalue weighted by molar-refractivity contribution is -0.139. The first-order chi connectivity index (χ1) is 16.0. The van der Waals surface area contributed by atoms with E-state index in [1.54, 1.807) is 49.4 Å². The minimum atomic E-state index is -3.85. The van der Waals surface area contributed by atoms with Crippen LogP contribution in [0.15, 0.2) is 42.5 Å². The van der Waals surface area contributed by atoms with Crippen LogP contribution in [0.3, 0.4) is 0 Å². The second-order valence-corrected chi connectivity index (χ2v) is 10.4. The van der Waals surface area contributed by atoms with Crippen LogP contribution in [0.2, 0.25) is 5.02 Å². The summed E-state index contributed by atoms with van der Waals surface area (Å²) >= 11 is 6.11. The molecule has 2 amide bonds. The lowest BCUT2D eigenvalue weighted by Gasteiger charge is -2.32. The van der Waals surface area contributed by atoms with Crippen LogP contribution in [-0.2, 0) is 26.2 Å². The predicted molar refractivity (Wildman–Crippen MR) is 135 cm³/mol. The van der Waals surface area contributed by atoms with Crippen molar-refractivity contribution >= 4 is 39.1 Å². The van der Waals surface area contributed by atoms with Gasteiger partial charge in [-0.05, 0) is 55.7 Å². The average Bonchev–Trinajstić information content (AvgIpc) is 2.78. The summed E-state index contributed by atoms with van der Waals surface area (Å²) in [5, 5.41) is 3.29. The Labute approximate surface area is 206 Å². The molecule has 0 spiro atoms. The van der Waals surface area contributed by atoms with Gasteiger partial charge in [0.1, 0.15) is 18.3 Å². The number of sulfonamides is 1. The largest absolute Gasteiger partial charge is 0.495 e. The Morgan fingerprint density at radius 3 is 2.47 bits per heavy atom. The summed E-state index contributed by atoms with van der Waals surface area (Å²) < 4.78 is 31.8. The van der Waals surface area contributed by atoms with Crippen LogP contribution in [-0.4, -0.2) is 57.6 Å². The summed E-state index contributed by atoms with van der Waals surface area (Å²) in [5.74, 6) is -0.539. The third kappa shape index (κ3) is 7.36. The summed E-state index contributed by atoms with van der Waals surface area (Å²) in [6.45, 7) is 5.42. The van der Waals surface area contributed by atoms with Crippen molar-refractivity contribution in [1.29, 1.82) is 0 Å². The maximum absolute atomic E-state index is 13.5. The van der Waals surface area contributed by atoms with Gasteiger partial charge in [-0.2, -0.15) is 0 Å². The molecule has 10 heteroatoms. The highest BCUT2D eigenvalue weighted by Gasteiger charge is 2.31. The van der Waals surface area contributed by atoms with E-state index in [9.17, 15) is 18.0 Å². The van der Waals surface area contributed by atoms with Crippen LogP contribution in [0, 0.1) is 6.92 Å². The SMILES string of the molecule is CCCNC(=O)[C@H](C)N(Cc1cccc(Cl)c1)C(=O)CN(c1cc(C)ccc1OC)S(C)(=O)=O. The monoisotopic (exact) mass is 509 g/mol. The van der Waals surface area contributed by atoms with Gasteiger partial charge in [-0.25, -0.2) is 8.42 Å². The molecule has 34 heavy (non-hydrogen) atoms. The van der Waals surface area contributed by atoms with E-state index >= 15 is 0 Å². The zero-order valence-electron chi connectivity index (χ0n) is 20.2. The van der Waals surface area contributed by atoms with Crippen LogP contribution in [0.4, 0.5) is 5.69 Å². The number of benzene rings is 2. The second-order valence-electron chi connectivity index (χ2n) is 8.06. The van der Waals surface area contributed by atoms with Crippen molar-refractivity contribution in [2.45, 2.75) is 39.8 Å². The fraction of sp³-hybridized carbons (Fsp3) is 0.417. The Morgan fingerprint density at radius 2 is 1.88 bits per heavy atom. The third-order valence-corrected chi connectivity index (χ3v) is 6.60. The number of carbonyl (C=O) groups is 2. The number of rotatable bonds is 11. The molecule has 0 radical (unpaired) electrons. The number of methoxy groups -OCH3 is 1. The third-order valence-electron chi connectivity index (χ3n) is 5.24. The first-order valence-electron chi connectivity index (χ1n) is 10.9. The highest BCUT2D eigenvalue weighted by atomic mass is 35.5. The molecule has 0 aliphatic carbocycles. The van der Waals surface area contributed by atoms with Crippen molar-refractivity contribution in [3.63, 3.8) is 0 Å². The molecule has 0 saturated heterocycles. The molecule has 8 nitrogen and oxygen atoms in total. The fourth-order valence-corrected chi connectivity index (χ4v) is 4.46. The van der Waals surface area contributed by atoms with E-state index < -0.39 is 28.5 Å².